The van der Waals surface area contributed by atoms with Gasteiger partial charge in [0.25, 0.3) is 0 Å². The lowest BCUT2D eigenvalue weighted by atomic mass is 10.3. The smallest absolute Gasteiger partial charge is 0.223 e. The molecule has 2 aromatic rings. The highest BCUT2D eigenvalue weighted by Gasteiger charge is 2.04. The molecule has 0 fully saturated rings. The van der Waals surface area contributed by atoms with E-state index in [9.17, 15) is 0 Å². The molecule has 0 aliphatic carbocycles. The molecule has 0 aliphatic rings. The normalized spacial score (nSPS) is 10.4. The highest BCUT2D eigenvalue weighted by atomic mass is 32.1. The quantitative estimate of drug-likeness (QED) is 0.881. The number of anilines is 1. The summed E-state index contributed by atoms with van der Waals surface area (Å²) in [4.78, 5) is 13.0. The second kappa shape index (κ2) is 5.03. The van der Waals surface area contributed by atoms with Crippen LogP contribution in [-0.2, 0) is 6.42 Å². The topological polar surface area (TPSA) is 50.7 Å². The molecule has 0 amide bonds. The molecule has 0 bridgehead atoms. The van der Waals surface area contributed by atoms with Crippen LogP contribution in [-0.4, -0.2) is 21.5 Å². The lowest BCUT2D eigenvalue weighted by molar-refractivity contribution is 0.975. The van der Waals surface area contributed by atoms with Crippen LogP contribution in [0.3, 0.4) is 0 Å². The molecule has 16 heavy (non-hydrogen) atoms. The first-order valence-electron chi connectivity index (χ1n) is 5.24. The summed E-state index contributed by atoms with van der Waals surface area (Å²) in [5.41, 5.74) is 2.00. The van der Waals surface area contributed by atoms with Crippen molar-refractivity contribution in [2.24, 2.45) is 0 Å². The molecule has 0 unspecified atom stereocenters. The van der Waals surface area contributed by atoms with Crippen LogP contribution in [0, 0.1) is 6.92 Å². The molecule has 2 aromatic heterocycles. The molecular formula is C11H14N4S. The Morgan fingerprint density at radius 3 is 2.94 bits per heavy atom. The molecule has 2 rings (SSSR count). The van der Waals surface area contributed by atoms with Crippen LogP contribution in [0.5, 0.6) is 0 Å². The molecule has 2 heterocycles. The van der Waals surface area contributed by atoms with Crippen molar-refractivity contribution in [1.29, 1.82) is 0 Å². The minimum Gasteiger partial charge on any atom is -0.354 e. The average molecular weight is 234 g/mol. The molecule has 0 aliphatic heterocycles. The SMILES string of the molecule is CCNc1nc(C)cc(Cc2nccs2)n1. The van der Waals surface area contributed by atoms with Gasteiger partial charge in [-0.05, 0) is 19.9 Å². The van der Waals surface area contributed by atoms with Crippen LogP contribution in [0.1, 0.15) is 23.3 Å². The number of nitrogens with one attached hydrogen (secondary N) is 1. The second-order valence-corrected chi connectivity index (χ2v) is 4.44. The summed E-state index contributed by atoms with van der Waals surface area (Å²) in [7, 11) is 0. The van der Waals surface area contributed by atoms with Gasteiger partial charge in [0.1, 0.15) is 0 Å². The van der Waals surface area contributed by atoms with Crippen molar-refractivity contribution >= 4 is 17.3 Å². The third-order valence-electron chi connectivity index (χ3n) is 2.06. The summed E-state index contributed by atoms with van der Waals surface area (Å²) in [6.45, 7) is 4.85. The maximum absolute atomic E-state index is 4.44. The van der Waals surface area contributed by atoms with E-state index in [2.05, 4.69) is 20.3 Å². The molecule has 84 valence electrons. The Morgan fingerprint density at radius 2 is 2.25 bits per heavy atom. The first kappa shape index (κ1) is 11.0. The number of thiazole rings is 1. The van der Waals surface area contributed by atoms with Gasteiger partial charge in [-0.1, -0.05) is 0 Å². The standard InChI is InChI=1S/C11H14N4S/c1-3-12-11-14-8(2)6-9(15-11)7-10-13-4-5-16-10/h4-6H,3,7H2,1-2H3,(H,12,14,15). The maximum Gasteiger partial charge on any atom is 0.223 e. The predicted octanol–water partition coefficient (Wildman–Crippen LogP) is 2.26. The molecule has 4 nitrogen and oxygen atoms in total. The third kappa shape index (κ3) is 2.76. The van der Waals surface area contributed by atoms with Gasteiger partial charge >= 0.3 is 0 Å². The van der Waals surface area contributed by atoms with Crippen LogP contribution in [0.25, 0.3) is 0 Å². The predicted molar refractivity (Wildman–Crippen MR) is 65.9 cm³/mol. The largest absolute Gasteiger partial charge is 0.354 e. The van der Waals surface area contributed by atoms with E-state index >= 15 is 0 Å². The Balaban J connectivity index is 2.20. The molecular weight excluding hydrogens is 220 g/mol. The van der Waals surface area contributed by atoms with Crippen LogP contribution in [0.2, 0.25) is 0 Å². The Labute approximate surface area is 98.8 Å². The number of rotatable bonds is 4. The summed E-state index contributed by atoms with van der Waals surface area (Å²) in [5, 5.41) is 6.19. The van der Waals surface area contributed by atoms with Crippen LogP contribution in [0.15, 0.2) is 17.6 Å². The van der Waals surface area contributed by atoms with Gasteiger partial charge in [-0.25, -0.2) is 15.0 Å². The Kier molecular flexibility index (Phi) is 3.46. The summed E-state index contributed by atoms with van der Waals surface area (Å²) >= 11 is 1.65. The van der Waals surface area contributed by atoms with Gasteiger partial charge < -0.3 is 5.32 Å². The van der Waals surface area contributed by atoms with Crippen LogP contribution in [0.4, 0.5) is 5.95 Å². The van der Waals surface area contributed by atoms with Gasteiger partial charge in [0.05, 0.1) is 10.7 Å². The van der Waals surface area contributed by atoms with Crippen molar-refractivity contribution in [3.63, 3.8) is 0 Å². The summed E-state index contributed by atoms with van der Waals surface area (Å²) in [6, 6.07) is 2.00. The second-order valence-electron chi connectivity index (χ2n) is 3.46. The van der Waals surface area contributed by atoms with Gasteiger partial charge in [0.2, 0.25) is 5.95 Å². The van der Waals surface area contributed by atoms with Crippen molar-refractivity contribution in [3.05, 3.63) is 34.0 Å². The fourth-order valence-corrected chi connectivity index (χ4v) is 2.09. The minimum absolute atomic E-state index is 0.703. The fraction of sp³-hybridized carbons (Fsp3) is 0.364. The molecule has 0 saturated heterocycles. The number of aryl methyl sites for hydroxylation is 1. The van der Waals surface area contributed by atoms with E-state index in [0.29, 0.717) is 5.95 Å². The number of hydrogen-bond donors (Lipinski definition) is 1. The Morgan fingerprint density at radius 1 is 1.38 bits per heavy atom. The zero-order chi connectivity index (χ0) is 11.4. The molecule has 0 atom stereocenters. The molecule has 5 heteroatoms. The number of nitrogens with zero attached hydrogens (tertiary/aromatic N) is 3. The van der Waals surface area contributed by atoms with E-state index in [4.69, 9.17) is 0 Å². The van der Waals surface area contributed by atoms with E-state index in [1.807, 2.05) is 31.5 Å². The molecule has 0 saturated carbocycles. The van der Waals surface area contributed by atoms with E-state index < -0.39 is 0 Å². The zero-order valence-corrected chi connectivity index (χ0v) is 10.2. The average Bonchev–Trinajstić information content (AvgIpc) is 2.70. The van der Waals surface area contributed by atoms with Gasteiger partial charge in [-0.3, -0.25) is 0 Å². The summed E-state index contributed by atoms with van der Waals surface area (Å²) in [5.74, 6) is 0.703. The Bertz CT molecular complexity index is 453. The highest BCUT2D eigenvalue weighted by molar-refractivity contribution is 7.09. The summed E-state index contributed by atoms with van der Waals surface area (Å²) in [6.07, 6.45) is 2.60. The van der Waals surface area contributed by atoms with Crippen molar-refractivity contribution in [3.8, 4) is 0 Å². The maximum atomic E-state index is 4.44. The van der Waals surface area contributed by atoms with Crippen LogP contribution >= 0.6 is 11.3 Å². The van der Waals surface area contributed by atoms with Crippen molar-refractivity contribution in [1.82, 2.24) is 15.0 Å². The first-order valence-corrected chi connectivity index (χ1v) is 6.12. The van der Waals surface area contributed by atoms with E-state index in [-0.39, 0.29) is 0 Å². The fourth-order valence-electron chi connectivity index (χ4n) is 1.46. The minimum atomic E-state index is 0.703. The van der Waals surface area contributed by atoms with Gasteiger partial charge in [0, 0.05) is 30.2 Å². The third-order valence-corrected chi connectivity index (χ3v) is 2.84. The molecule has 0 spiro atoms. The van der Waals surface area contributed by atoms with E-state index in [1.165, 1.54) is 0 Å². The van der Waals surface area contributed by atoms with Crippen molar-refractivity contribution in [2.75, 3.05) is 11.9 Å². The van der Waals surface area contributed by atoms with Gasteiger partial charge in [0.15, 0.2) is 0 Å². The van der Waals surface area contributed by atoms with Crippen molar-refractivity contribution < 1.29 is 0 Å². The van der Waals surface area contributed by atoms with E-state index in [1.54, 1.807) is 11.3 Å². The van der Waals surface area contributed by atoms with Gasteiger partial charge in [-0.2, -0.15) is 0 Å². The monoisotopic (exact) mass is 234 g/mol. The van der Waals surface area contributed by atoms with Crippen LogP contribution < -0.4 is 5.32 Å². The van der Waals surface area contributed by atoms with Gasteiger partial charge in [-0.15, -0.1) is 11.3 Å². The highest BCUT2D eigenvalue weighted by Crippen LogP contribution is 2.12. The Hall–Kier alpha value is -1.49. The molecule has 1 N–H and O–H groups in total. The number of hydrogen-bond acceptors (Lipinski definition) is 5. The summed E-state index contributed by atoms with van der Waals surface area (Å²) < 4.78 is 0. The van der Waals surface area contributed by atoms with E-state index in [0.717, 1.165) is 29.4 Å². The van der Waals surface area contributed by atoms with Crippen molar-refractivity contribution in [2.45, 2.75) is 20.3 Å². The molecule has 0 radical (unpaired) electrons. The zero-order valence-electron chi connectivity index (χ0n) is 9.40. The first-order chi connectivity index (χ1) is 7.78. The number of aromatic nitrogens is 3. The molecule has 0 aromatic carbocycles. The lowest BCUT2D eigenvalue weighted by Crippen LogP contribution is -2.05. The lowest BCUT2D eigenvalue weighted by Gasteiger charge is -2.05.